The van der Waals surface area contributed by atoms with Crippen LogP contribution in [0.25, 0.3) is 0 Å². The quantitative estimate of drug-likeness (QED) is 0.779. The monoisotopic (exact) mass is 374 g/mol. The minimum atomic E-state index is -0.0158. The van der Waals surface area contributed by atoms with E-state index in [1.54, 1.807) is 11.8 Å². The molecule has 0 unspecified atom stereocenters. The van der Waals surface area contributed by atoms with Crippen LogP contribution in [0.2, 0.25) is 5.02 Å². The largest absolute Gasteiger partial charge is 0.368 e. The number of halogens is 1. The minimum absolute atomic E-state index is 0.0158. The van der Waals surface area contributed by atoms with E-state index < -0.39 is 0 Å². The third-order valence-corrected chi connectivity index (χ3v) is 5.89. The van der Waals surface area contributed by atoms with Crippen LogP contribution < -0.4 is 4.90 Å². The number of amides is 1. The third kappa shape index (κ3) is 4.93. The smallest absolute Gasteiger partial charge is 0.235 e. The molecular formula is C20H23ClN2OS. The van der Waals surface area contributed by atoms with Crippen molar-refractivity contribution in [1.29, 1.82) is 0 Å². The van der Waals surface area contributed by atoms with Gasteiger partial charge in [0.2, 0.25) is 5.91 Å². The lowest BCUT2D eigenvalue weighted by atomic mass is 10.2. The molecule has 3 nitrogen and oxygen atoms in total. The SMILES string of the molecule is C[C@@H](SCc1ccccc1)C(=O)N1CCN(c2cccc(Cl)c2)CC1. The van der Waals surface area contributed by atoms with E-state index in [1.807, 2.05) is 48.2 Å². The Bertz CT molecular complexity index is 702. The zero-order valence-corrected chi connectivity index (χ0v) is 16.0. The molecule has 1 aliphatic heterocycles. The highest BCUT2D eigenvalue weighted by Gasteiger charge is 2.25. The van der Waals surface area contributed by atoms with Gasteiger partial charge in [0.15, 0.2) is 0 Å². The topological polar surface area (TPSA) is 23.6 Å². The number of hydrogen-bond acceptors (Lipinski definition) is 3. The van der Waals surface area contributed by atoms with Gasteiger partial charge in [-0.2, -0.15) is 0 Å². The van der Waals surface area contributed by atoms with Gasteiger partial charge in [0, 0.05) is 42.6 Å². The summed E-state index contributed by atoms with van der Waals surface area (Å²) in [5.74, 6) is 1.11. The molecule has 0 saturated carbocycles. The highest BCUT2D eigenvalue weighted by atomic mass is 35.5. The van der Waals surface area contributed by atoms with E-state index in [0.717, 1.165) is 42.6 Å². The Hall–Kier alpha value is -1.65. The van der Waals surface area contributed by atoms with Crippen molar-refractivity contribution in [2.75, 3.05) is 31.1 Å². The molecule has 1 amide bonds. The van der Waals surface area contributed by atoms with E-state index in [0.29, 0.717) is 0 Å². The number of carbonyl (C=O) groups excluding carboxylic acids is 1. The Morgan fingerprint density at radius 1 is 1.08 bits per heavy atom. The fourth-order valence-electron chi connectivity index (χ4n) is 2.98. The molecule has 2 aromatic carbocycles. The van der Waals surface area contributed by atoms with Crippen LogP contribution in [0.5, 0.6) is 0 Å². The summed E-state index contributed by atoms with van der Waals surface area (Å²) in [6, 6.07) is 18.2. The van der Waals surface area contributed by atoms with Crippen molar-refractivity contribution >= 4 is 35.0 Å². The molecule has 0 aromatic heterocycles. The lowest BCUT2D eigenvalue weighted by Gasteiger charge is -2.37. The van der Waals surface area contributed by atoms with Crippen molar-refractivity contribution in [2.24, 2.45) is 0 Å². The summed E-state index contributed by atoms with van der Waals surface area (Å²) in [6.07, 6.45) is 0. The lowest BCUT2D eigenvalue weighted by molar-refractivity contribution is -0.130. The highest BCUT2D eigenvalue weighted by molar-refractivity contribution is 7.99. The van der Waals surface area contributed by atoms with Crippen LogP contribution >= 0.6 is 23.4 Å². The molecule has 1 saturated heterocycles. The summed E-state index contributed by atoms with van der Waals surface area (Å²) in [7, 11) is 0. The maximum atomic E-state index is 12.7. The zero-order chi connectivity index (χ0) is 17.6. The summed E-state index contributed by atoms with van der Waals surface area (Å²) in [4.78, 5) is 17.0. The van der Waals surface area contributed by atoms with Gasteiger partial charge in [-0.3, -0.25) is 4.79 Å². The van der Waals surface area contributed by atoms with E-state index in [-0.39, 0.29) is 11.2 Å². The number of carbonyl (C=O) groups is 1. The van der Waals surface area contributed by atoms with Crippen LogP contribution in [0.3, 0.4) is 0 Å². The minimum Gasteiger partial charge on any atom is -0.368 e. The standard InChI is InChI=1S/C20H23ClN2OS/c1-16(25-15-17-6-3-2-4-7-17)20(24)23-12-10-22(11-13-23)19-9-5-8-18(21)14-19/h2-9,14,16H,10-13,15H2,1H3/t16-/m1/s1. The maximum Gasteiger partial charge on any atom is 0.235 e. The summed E-state index contributed by atoms with van der Waals surface area (Å²) in [5, 5.41) is 0.736. The highest BCUT2D eigenvalue weighted by Crippen LogP contribution is 2.23. The van der Waals surface area contributed by atoms with Gasteiger partial charge in [-0.15, -0.1) is 11.8 Å². The molecule has 132 valence electrons. The first-order chi connectivity index (χ1) is 12.1. The van der Waals surface area contributed by atoms with Gasteiger partial charge in [-0.05, 0) is 30.7 Å². The Labute approximate surface area is 159 Å². The molecule has 25 heavy (non-hydrogen) atoms. The normalized spacial score (nSPS) is 15.9. The number of rotatable bonds is 5. The van der Waals surface area contributed by atoms with Crippen molar-refractivity contribution in [1.82, 2.24) is 4.90 Å². The van der Waals surface area contributed by atoms with Gasteiger partial charge in [0.25, 0.3) is 0 Å². The molecule has 3 rings (SSSR count). The molecule has 1 aliphatic rings. The molecule has 0 N–H and O–H groups in total. The fourth-order valence-corrected chi connectivity index (χ4v) is 4.09. The third-order valence-electron chi connectivity index (χ3n) is 4.46. The zero-order valence-electron chi connectivity index (χ0n) is 14.4. The Balaban J connectivity index is 1.49. The average Bonchev–Trinajstić information content (AvgIpc) is 2.66. The Morgan fingerprint density at radius 3 is 2.48 bits per heavy atom. The number of anilines is 1. The predicted molar refractivity (Wildman–Crippen MR) is 107 cm³/mol. The number of nitrogens with zero attached hydrogens (tertiary/aromatic N) is 2. The van der Waals surface area contributed by atoms with Crippen molar-refractivity contribution < 1.29 is 4.79 Å². The second kappa shape index (κ2) is 8.63. The van der Waals surface area contributed by atoms with E-state index >= 15 is 0 Å². The second-order valence-corrected chi connectivity index (χ2v) is 8.00. The van der Waals surface area contributed by atoms with E-state index in [2.05, 4.69) is 23.1 Å². The molecule has 0 bridgehead atoms. The predicted octanol–water partition coefficient (Wildman–Crippen LogP) is 4.31. The maximum absolute atomic E-state index is 12.7. The van der Waals surface area contributed by atoms with Crippen LogP contribution in [-0.4, -0.2) is 42.2 Å². The molecule has 0 spiro atoms. The Morgan fingerprint density at radius 2 is 1.80 bits per heavy atom. The first-order valence-corrected chi connectivity index (χ1v) is 10.0. The van der Waals surface area contributed by atoms with Gasteiger partial charge in [-0.1, -0.05) is 48.0 Å². The van der Waals surface area contributed by atoms with Gasteiger partial charge >= 0.3 is 0 Å². The molecule has 2 aromatic rings. The lowest BCUT2D eigenvalue weighted by Crippen LogP contribution is -2.50. The molecule has 0 radical (unpaired) electrons. The molecule has 0 aliphatic carbocycles. The Kier molecular flexibility index (Phi) is 6.27. The van der Waals surface area contributed by atoms with Gasteiger partial charge in [0.05, 0.1) is 5.25 Å². The van der Waals surface area contributed by atoms with Crippen LogP contribution in [0.4, 0.5) is 5.69 Å². The summed E-state index contributed by atoms with van der Waals surface area (Å²) < 4.78 is 0. The van der Waals surface area contributed by atoms with Gasteiger partial charge in [0.1, 0.15) is 0 Å². The first-order valence-electron chi connectivity index (χ1n) is 8.58. The van der Waals surface area contributed by atoms with Gasteiger partial charge < -0.3 is 9.80 Å². The fraction of sp³-hybridized carbons (Fsp3) is 0.350. The number of thioether (sulfide) groups is 1. The first kappa shape index (κ1) is 18.2. The van der Waals surface area contributed by atoms with Crippen LogP contribution in [0, 0.1) is 0 Å². The van der Waals surface area contributed by atoms with Crippen LogP contribution in [-0.2, 0) is 10.5 Å². The van der Waals surface area contributed by atoms with Gasteiger partial charge in [-0.25, -0.2) is 0 Å². The summed E-state index contributed by atoms with van der Waals surface area (Å²) >= 11 is 7.78. The van der Waals surface area contributed by atoms with Crippen molar-refractivity contribution in [3.05, 3.63) is 65.2 Å². The van der Waals surface area contributed by atoms with E-state index in [1.165, 1.54) is 5.56 Å². The second-order valence-electron chi connectivity index (χ2n) is 6.23. The number of piperazine rings is 1. The summed E-state index contributed by atoms with van der Waals surface area (Å²) in [5.41, 5.74) is 2.39. The van der Waals surface area contributed by atoms with E-state index in [9.17, 15) is 4.79 Å². The average molecular weight is 375 g/mol. The van der Waals surface area contributed by atoms with Crippen LogP contribution in [0.15, 0.2) is 54.6 Å². The summed E-state index contributed by atoms with van der Waals surface area (Å²) in [6.45, 7) is 5.24. The van der Waals surface area contributed by atoms with E-state index in [4.69, 9.17) is 11.6 Å². The molecule has 1 fully saturated rings. The van der Waals surface area contributed by atoms with Crippen molar-refractivity contribution in [3.8, 4) is 0 Å². The molecular weight excluding hydrogens is 352 g/mol. The molecule has 1 heterocycles. The van der Waals surface area contributed by atoms with Crippen molar-refractivity contribution in [2.45, 2.75) is 17.9 Å². The van der Waals surface area contributed by atoms with Crippen molar-refractivity contribution in [3.63, 3.8) is 0 Å². The number of benzene rings is 2. The molecule has 5 heteroatoms. The molecule has 1 atom stereocenters. The number of hydrogen-bond donors (Lipinski definition) is 0. The van der Waals surface area contributed by atoms with Crippen LogP contribution in [0.1, 0.15) is 12.5 Å².